The number of carbonyl (C=O) groups is 4. The topological polar surface area (TPSA) is 276 Å². The highest BCUT2D eigenvalue weighted by Crippen LogP contribution is 2.12. The number of amides is 4. The van der Waals surface area contributed by atoms with Gasteiger partial charge in [0.15, 0.2) is 0 Å². The van der Waals surface area contributed by atoms with Crippen LogP contribution in [0, 0.1) is 47.4 Å². The molecule has 0 heterocycles. The fourth-order valence-electron chi connectivity index (χ4n) is 3.81. The first-order valence-corrected chi connectivity index (χ1v) is 15.7. The molecule has 2 aromatic carbocycles. The zero-order valence-electron chi connectivity index (χ0n) is 29.7. The van der Waals surface area contributed by atoms with E-state index in [9.17, 15) is 19.2 Å². The summed E-state index contributed by atoms with van der Waals surface area (Å²) in [4.78, 5) is 48.2. The van der Waals surface area contributed by atoms with E-state index in [1.165, 1.54) is 29.7 Å². The number of rotatable bonds is 11. The van der Waals surface area contributed by atoms with E-state index in [-0.39, 0.29) is 5.56 Å². The van der Waals surface area contributed by atoms with Crippen LogP contribution in [-0.2, 0) is 9.59 Å². The van der Waals surface area contributed by atoms with Gasteiger partial charge >= 0.3 is 0 Å². The van der Waals surface area contributed by atoms with E-state index in [2.05, 4.69) is 63.3 Å². The van der Waals surface area contributed by atoms with Crippen LogP contribution in [0.15, 0.2) is 48.5 Å². The number of nitrogens with one attached hydrogen (secondary N) is 5. The molecule has 0 aliphatic heterocycles. The number of likely N-dealkylation sites (N-methyl/N-ethyl adjacent to an activating group) is 1. The summed E-state index contributed by atoms with van der Waals surface area (Å²) in [5.74, 6) is 17.4. The van der Waals surface area contributed by atoms with Gasteiger partial charge in [-0.3, -0.25) is 29.6 Å². The first-order valence-electron chi connectivity index (χ1n) is 15.7. The van der Waals surface area contributed by atoms with Crippen LogP contribution in [0.2, 0.25) is 0 Å². The van der Waals surface area contributed by atoms with Crippen LogP contribution in [0.5, 0.6) is 0 Å². The lowest BCUT2D eigenvalue weighted by atomic mass is 9.93. The first kappa shape index (κ1) is 45.3. The minimum Gasteiger partial charge on any atom is -0.393 e. The van der Waals surface area contributed by atoms with E-state index < -0.39 is 72.2 Å². The van der Waals surface area contributed by atoms with Gasteiger partial charge in [-0.25, -0.2) is 11.0 Å². The Balaban J connectivity index is 0.000000530. The Hall–Kier alpha value is -5.76. The minimum atomic E-state index is -1.13. The SMILES string of the molecule is CC(C)(N)[C@H](NC(=O)c1ccc(C#CC#CC(O)CO)cc1)C(=O)NO.CNC(C)(C)[C@H](NC(=O)c1ccc(C#CC#CC(O)CO)cc1)C(=O)NO. The molecule has 0 radical (unpaired) electrons. The van der Waals surface area contributed by atoms with E-state index in [1.807, 2.05) is 0 Å². The number of hydroxylamine groups is 2. The van der Waals surface area contributed by atoms with Gasteiger partial charge in [-0.05, 0) is 107 Å². The maximum absolute atomic E-state index is 12.4. The average Bonchev–Trinajstić information content (AvgIpc) is 3.15. The summed E-state index contributed by atoms with van der Waals surface area (Å²) in [6.07, 6.45) is -2.26. The molecular formula is C37H44N6O10. The Kier molecular flexibility index (Phi) is 19.0. The molecule has 0 aliphatic carbocycles. The first-order chi connectivity index (χ1) is 24.9. The maximum atomic E-state index is 12.4. The van der Waals surface area contributed by atoms with Crippen LogP contribution in [0.25, 0.3) is 0 Å². The molecule has 282 valence electrons. The van der Waals surface area contributed by atoms with Crippen molar-refractivity contribution in [2.45, 2.75) is 63.1 Å². The summed E-state index contributed by atoms with van der Waals surface area (Å²) in [5, 5.41) is 61.0. The molecule has 2 unspecified atom stereocenters. The Bertz CT molecular complexity index is 1810. The number of aliphatic hydroxyl groups is 4. The molecule has 13 N–H and O–H groups in total. The highest BCUT2D eigenvalue weighted by Gasteiger charge is 2.36. The van der Waals surface area contributed by atoms with Gasteiger partial charge in [0.1, 0.15) is 24.3 Å². The van der Waals surface area contributed by atoms with Crippen LogP contribution >= 0.6 is 0 Å². The van der Waals surface area contributed by atoms with Gasteiger partial charge in [0, 0.05) is 33.3 Å². The molecular weight excluding hydrogens is 688 g/mol. The summed E-state index contributed by atoms with van der Waals surface area (Å²) in [5.41, 5.74) is 8.76. The van der Waals surface area contributed by atoms with Gasteiger partial charge in [0.25, 0.3) is 23.6 Å². The molecule has 0 spiro atoms. The van der Waals surface area contributed by atoms with Crippen molar-refractivity contribution in [2.75, 3.05) is 20.3 Å². The lowest BCUT2D eigenvalue weighted by Crippen LogP contribution is -2.62. The smallest absolute Gasteiger partial charge is 0.267 e. The minimum absolute atomic E-state index is 0.275. The van der Waals surface area contributed by atoms with Crippen molar-refractivity contribution >= 4 is 23.6 Å². The predicted octanol–water partition coefficient (Wildman–Crippen LogP) is -2.27. The third kappa shape index (κ3) is 16.0. The summed E-state index contributed by atoms with van der Waals surface area (Å²) < 4.78 is 0. The van der Waals surface area contributed by atoms with Gasteiger partial charge in [-0.2, -0.15) is 0 Å². The standard InChI is InChI=1S/C19H23N3O5.C18H21N3O5/c1-19(2,20-3)16(18(26)22-27)21-17(25)14-10-8-13(9-11-14)6-4-5-7-15(24)12-23;1-18(2,19)15(17(25)21-26)20-16(24)13-9-7-12(8-10-13)5-3-4-6-14(23)11-22/h8-11,15-16,20,23-24,27H,12H2,1-3H3,(H,21,25)(H,22,26);7-10,14-15,22-23,26H,11,19H2,1-2H3,(H,20,24)(H,21,25)/t15?,16-;14?,15-/m11/s1. The van der Waals surface area contributed by atoms with Crippen molar-refractivity contribution in [2.24, 2.45) is 5.73 Å². The quantitative estimate of drug-likeness (QED) is 0.0663. The van der Waals surface area contributed by atoms with Crippen LogP contribution in [-0.4, -0.2) is 110 Å². The molecule has 0 saturated heterocycles. The molecule has 2 rings (SSSR count). The van der Waals surface area contributed by atoms with Crippen LogP contribution < -0.4 is 32.6 Å². The molecule has 4 atom stereocenters. The molecule has 53 heavy (non-hydrogen) atoms. The molecule has 0 aliphatic rings. The Morgan fingerprint density at radius 3 is 1.34 bits per heavy atom. The van der Waals surface area contributed by atoms with Crippen LogP contribution in [0.3, 0.4) is 0 Å². The van der Waals surface area contributed by atoms with Crippen molar-refractivity contribution in [1.82, 2.24) is 26.9 Å². The Morgan fingerprint density at radius 2 is 1.02 bits per heavy atom. The monoisotopic (exact) mass is 732 g/mol. The third-order valence-electron chi connectivity index (χ3n) is 7.06. The summed E-state index contributed by atoms with van der Waals surface area (Å²) in [7, 11) is 1.64. The van der Waals surface area contributed by atoms with Crippen LogP contribution in [0.4, 0.5) is 0 Å². The van der Waals surface area contributed by atoms with Gasteiger partial charge in [-0.1, -0.05) is 23.7 Å². The predicted molar refractivity (Wildman–Crippen MR) is 192 cm³/mol. The number of carbonyl (C=O) groups excluding carboxylic acids is 4. The second-order valence-corrected chi connectivity index (χ2v) is 12.1. The highest BCUT2D eigenvalue weighted by molar-refractivity contribution is 5.98. The molecule has 16 heteroatoms. The van der Waals surface area contributed by atoms with E-state index in [1.54, 1.807) is 64.5 Å². The lowest BCUT2D eigenvalue weighted by Gasteiger charge is -2.32. The molecule has 0 saturated carbocycles. The van der Waals surface area contributed by atoms with E-state index in [0.29, 0.717) is 16.7 Å². The fraction of sp³-hybridized carbons (Fsp3) is 0.351. The highest BCUT2D eigenvalue weighted by atomic mass is 16.5. The zero-order valence-corrected chi connectivity index (χ0v) is 29.7. The molecule has 2 aromatic rings. The molecule has 16 nitrogen and oxygen atoms in total. The Labute approximate surface area is 307 Å². The van der Waals surface area contributed by atoms with Crippen LogP contribution in [0.1, 0.15) is 59.5 Å². The molecule has 4 amide bonds. The number of aliphatic hydroxyl groups excluding tert-OH is 4. The second kappa shape index (κ2) is 22.2. The number of hydrogen-bond acceptors (Lipinski definition) is 12. The van der Waals surface area contributed by atoms with Gasteiger partial charge in [0.2, 0.25) is 0 Å². The molecule has 0 aromatic heterocycles. The maximum Gasteiger partial charge on any atom is 0.267 e. The number of hydrogen-bond donors (Lipinski definition) is 12. The fourth-order valence-corrected chi connectivity index (χ4v) is 3.81. The summed E-state index contributed by atoms with van der Waals surface area (Å²) in [6.45, 7) is 5.58. The Morgan fingerprint density at radius 1 is 0.660 bits per heavy atom. The number of benzene rings is 2. The largest absolute Gasteiger partial charge is 0.393 e. The van der Waals surface area contributed by atoms with Gasteiger partial charge in [0.05, 0.1) is 13.2 Å². The van der Waals surface area contributed by atoms with Crippen molar-refractivity contribution in [3.05, 3.63) is 70.8 Å². The van der Waals surface area contributed by atoms with E-state index in [4.69, 9.17) is 36.6 Å². The second-order valence-electron chi connectivity index (χ2n) is 12.1. The molecule has 0 fully saturated rings. The van der Waals surface area contributed by atoms with Gasteiger partial charge < -0.3 is 42.1 Å². The third-order valence-corrected chi connectivity index (χ3v) is 7.06. The number of nitrogens with two attached hydrogens (primary N) is 1. The average molecular weight is 733 g/mol. The van der Waals surface area contributed by atoms with Crippen molar-refractivity contribution in [1.29, 1.82) is 0 Å². The lowest BCUT2D eigenvalue weighted by molar-refractivity contribution is -0.133. The van der Waals surface area contributed by atoms with Crippen molar-refractivity contribution in [3.63, 3.8) is 0 Å². The normalized spacial score (nSPS) is 12.5. The zero-order chi connectivity index (χ0) is 40.2. The van der Waals surface area contributed by atoms with E-state index >= 15 is 0 Å². The summed E-state index contributed by atoms with van der Waals surface area (Å²) in [6, 6.07) is 10.3. The molecule has 0 bridgehead atoms. The van der Waals surface area contributed by atoms with Crippen molar-refractivity contribution < 1.29 is 50.0 Å². The van der Waals surface area contributed by atoms with Gasteiger partial charge in [-0.15, -0.1) is 0 Å². The summed E-state index contributed by atoms with van der Waals surface area (Å²) >= 11 is 0. The van der Waals surface area contributed by atoms with E-state index in [0.717, 1.165) is 0 Å². The van der Waals surface area contributed by atoms with Crippen molar-refractivity contribution in [3.8, 4) is 47.4 Å².